The van der Waals surface area contributed by atoms with Gasteiger partial charge in [0.2, 0.25) is 0 Å². The van der Waals surface area contributed by atoms with E-state index in [1.807, 2.05) is 6.20 Å². The zero-order valence-electron chi connectivity index (χ0n) is 10.8. The number of nitrogens with zero attached hydrogens (tertiary/aromatic N) is 1. The molecule has 0 aromatic carbocycles. The number of nitrogens with one attached hydrogen (secondary N) is 1. The summed E-state index contributed by atoms with van der Waals surface area (Å²) in [7, 11) is 0. The Kier molecular flexibility index (Phi) is 5.99. The molecule has 3 heteroatoms. The topological polar surface area (TPSA) is 24.9 Å². The number of aromatic nitrogens is 1. The van der Waals surface area contributed by atoms with Crippen molar-refractivity contribution in [2.75, 3.05) is 6.54 Å². The third kappa shape index (κ3) is 3.87. The molecular weight excluding hydrogens is 216 g/mol. The van der Waals surface area contributed by atoms with E-state index in [2.05, 4.69) is 36.5 Å². The molecule has 0 aliphatic carbocycles. The molecular formula is C13H24N2S. The van der Waals surface area contributed by atoms with E-state index in [1.165, 1.54) is 37.1 Å². The van der Waals surface area contributed by atoms with Gasteiger partial charge in [0, 0.05) is 11.6 Å². The summed E-state index contributed by atoms with van der Waals surface area (Å²) in [6, 6.07) is 0. The van der Waals surface area contributed by atoms with Crippen LogP contribution in [-0.2, 0) is 5.54 Å². The van der Waals surface area contributed by atoms with Gasteiger partial charge < -0.3 is 5.32 Å². The van der Waals surface area contributed by atoms with E-state index < -0.39 is 0 Å². The summed E-state index contributed by atoms with van der Waals surface area (Å²) in [6.45, 7) is 7.70. The summed E-state index contributed by atoms with van der Waals surface area (Å²) in [4.78, 5) is 4.46. The van der Waals surface area contributed by atoms with Crippen LogP contribution < -0.4 is 5.32 Å². The minimum absolute atomic E-state index is 0.0800. The van der Waals surface area contributed by atoms with Gasteiger partial charge in [-0.2, -0.15) is 0 Å². The second-order valence-electron chi connectivity index (χ2n) is 4.51. The third-order valence-electron chi connectivity index (χ3n) is 3.00. The van der Waals surface area contributed by atoms with Gasteiger partial charge in [-0.3, -0.25) is 0 Å². The molecule has 0 amide bonds. The van der Waals surface area contributed by atoms with Gasteiger partial charge in [-0.05, 0) is 19.9 Å². The lowest BCUT2D eigenvalue weighted by molar-refractivity contribution is 0.332. The molecule has 1 heterocycles. The van der Waals surface area contributed by atoms with Crippen LogP contribution in [0, 0.1) is 0 Å². The molecule has 2 nitrogen and oxygen atoms in total. The first-order valence-corrected chi connectivity index (χ1v) is 7.26. The zero-order chi connectivity index (χ0) is 11.9. The van der Waals surface area contributed by atoms with Crippen molar-refractivity contribution in [3.63, 3.8) is 0 Å². The molecule has 0 radical (unpaired) electrons. The standard InChI is InChI=1S/C13H24N2S/c1-4-6-7-8-9-13(3,15-5-2)12-14-10-11-16-12/h10-11,15H,4-9H2,1-3H3. The van der Waals surface area contributed by atoms with Gasteiger partial charge in [-0.15, -0.1) is 11.3 Å². The van der Waals surface area contributed by atoms with Gasteiger partial charge in [0.1, 0.15) is 5.01 Å². The molecule has 92 valence electrons. The largest absolute Gasteiger partial charge is 0.306 e. The highest BCUT2D eigenvalue weighted by atomic mass is 32.1. The first-order chi connectivity index (χ1) is 7.73. The molecule has 1 aromatic rings. The quantitative estimate of drug-likeness (QED) is 0.696. The van der Waals surface area contributed by atoms with Crippen molar-refractivity contribution < 1.29 is 0 Å². The lowest BCUT2D eigenvalue weighted by Crippen LogP contribution is -2.39. The maximum atomic E-state index is 4.46. The SMILES string of the molecule is CCCCCCC(C)(NCC)c1nccs1. The molecule has 1 atom stereocenters. The van der Waals surface area contributed by atoms with Crippen molar-refractivity contribution in [2.24, 2.45) is 0 Å². The fourth-order valence-electron chi connectivity index (χ4n) is 2.06. The van der Waals surface area contributed by atoms with Crippen LogP contribution >= 0.6 is 11.3 Å². The first-order valence-electron chi connectivity index (χ1n) is 6.38. The highest BCUT2D eigenvalue weighted by molar-refractivity contribution is 7.09. The normalized spacial score (nSPS) is 14.9. The average molecular weight is 240 g/mol. The molecule has 0 saturated carbocycles. The van der Waals surface area contributed by atoms with Crippen molar-refractivity contribution in [1.29, 1.82) is 0 Å². The Morgan fingerprint density at radius 2 is 2.12 bits per heavy atom. The van der Waals surface area contributed by atoms with Crippen LogP contribution in [0.25, 0.3) is 0 Å². The predicted molar refractivity (Wildman–Crippen MR) is 71.9 cm³/mol. The molecule has 0 spiro atoms. The smallest absolute Gasteiger partial charge is 0.112 e. The Hall–Kier alpha value is -0.410. The minimum atomic E-state index is 0.0800. The van der Waals surface area contributed by atoms with Gasteiger partial charge >= 0.3 is 0 Å². The van der Waals surface area contributed by atoms with Crippen LogP contribution in [-0.4, -0.2) is 11.5 Å². The number of hydrogen-bond acceptors (Lipinski definition) is 3. The predicted octanol–water partition coefficient (Wildman–Crippen LogP) is 3.94. The van der Waals surface area contributed by atoms with Crippen LogP contribution in [0.15, 0.2) is 11.6 Å². The average Bonchev–Trinajstić information content (AvgIpc) is 2.79. The number of thiazole rings is 1. The van der Waals surface area contributed by atoms with Crippen LogP contribution in [0.1, 0.15) is 57.9 Å². The molecule has 0 aliphatic rings. The number of hydrogen-bond donors (Lipinski definition) is 1. The van der Waals surface area contributed by atoms with E-state index in [0.29, 0.717) is 0 Å². The molecule has 0 fully saturated rings. The Bertz CT molecular complexity index is 271. The summed E-state index contributed by atoms with van der Waals surface area (Å²) in [6.07, 6.45) is 8.37. The van der Waals surface area contributed by atoms with Gasteiger partial charge in [0.25, 0.3) is 0 Å². The first kappa shape index (κ1) is 13.7. The van der Waals surface area contributed by atoms with E-state index in [0.717, 1.165) is 6.54 Å². The second-order valence-corrected chi connectivity index (χ2v) is 5.40. The van der Waals surface area contributed by atoms with Crippen LogP contribution in [0.2, 0.25) is 0 Å². The highest BCUT2D eigenvalue weighted by Gasteiger charge is 2.27. The van der Waals surface area contributed by atoms with E-state index >= 15 is 0 Å². The fraction of sp³-hybridized carbons (Fsp3) is 0.769. The maximum Gasteiger partial charge on any atom is 0.112 e. The van der Waals surface area contributed by atoms with Gasteiger partial charge in [0.15, 0.2) is 0 Å². The third-order valence-corrected chi connectivity index (χ3v) is 4.04. The molecule has 16 heavy (non-hydrogen) atoms. The molecule has 0 saturated heterocycles. The molecule has 0 bridgehead atoms. The van der Waals surface area contributed by atoms with Gasteiger partial charge in [-0.1, -0.05) is 39.5 Å². The number of rotatable bonds is 8. The lowest BCUT2D eigenvalue weighted by Gasteiger charge is -2.28. The van der Waals surface area contributed by atoms with Gasteiger partial charge in [-0.25, -0.2) is 4.98 Å². The summed E-state index contributed by atoms with van der Waals surface area (Å²) in [5.41, 5.74) is 0.0800. The van der Waals surface area contributed by atoms with Crippen LogP contribution in [0.3, 0.4) is 0 Å². The Morgan fingerprint density at radius 1 is 1.31 bits per heavy atom. The molecule has 0 aliphatic heterocycles. The summed E-state index contributed by atoms with van der Waals surface area (Å²) in [5.74, 6) is 0. The molecule has 1 N–H and O–H groups in total. The fourth-order valence-corrected chi connectivity index (χ4v) is 2.87. The van der Waals surface area contributed by atoms with E-state index in [-0.39, 0.29) is 5.54 Å². The summed E-state index contributed by atoms with van der Waals surface area (Å²) in [5, 5.41) is 6.88. The molecule has 1 rings (SSSR count). The van der Waals surface area contributed by atoms with E-state index in [1.54, 1.807) is 11.3 Å². The summed E-state index contributed by atoms with van der Waals surface area (Å²) < 4.78 is 0. The van der Waals surface area contributed by atoms with Crippen LogP contribution in [0.5, 0.6) is 0 Å². The molecule has 1 unspecified atom stereocenters. The lowest BCUT2D eigenvalue weighted by atomic mass is 9.94. The maximum absolute atomic E-state index is 4.46. The monoisotopic (exact) mass is 240 g/mol. The van der Waals surface area contributed by atoms with E-state index in [4.69, 9.17) is 0 Å². The van der Waals surface area contributed by atoms with Crippen molar-refractivity contribution in [3.05, 3.63) is 16.6 Å². The highest BCUT2D eigenvalue weighted by Crippen LogP contribution is 2.28. The number of unbranched alkanes of at least 4 members (excludes halogenated alkanes) is 3. The van der Waals surface area contributed by atoms with Crippen molar-refractivity contribution in [2.45, 2.75) is 58.4 Å². The minimum Gasteiger partial charge on any atom is -0.306 e. The zero-order valence-corrected chi connectivity index (χ0v) is 11.6. The van der Waals surface area contributed by atoms with Gasteiger partial charge in [0.05, 0.1) is 5.54 Å². The van der Waals surface area contributed by atoms with Crippen molar-refractivity contribution >= 4 is 11.3 Å². The van der Waals surface area contributed by atoms with Crippen LogP contribution in [0.4, 0.5) is 0 Å². The Labute approximate surface area is 103 Å². The second kappa shape index (κ2) is 7.02. The van der Waals surface area contributed by atoms with Crippen molar-refractivity contribution in [3.8, 4) is 0 Å². The Morgan fingerprint density at radius 3 is 2.69 bits per heavy atom. The Balaban J connectivity index is 2.52. The van der Waals surface area contributed by atoms with E-state index in [9.17, 15) is 0 Å². The summed E-state index contributed by atoms with van der Waals surface area (Å²) >= 11 is 1.76. The van der Waals surface area contributed by atoms with Crippen molar-refractivity contribution in [1.82, 2.24) is 10.3 Å². The molecule has 1 aromatic heterocycles.